The molecule has 1 heterocycles. The smallest absolute Gasteiger partial charge is 0.344 e. The van der Waals surface area contributed by atoms with Gasteiger partial charge in [0.2, 0.25) is 5.91 Å². The Kier molecular flexibility index (Phi) is 3.06. The average molecular weight is 201 g/mol. The zero-order chi connectivity index (χ0) is 10.7. The van der Waals surface area contributed by atoms with Crippen LogP contribution in [0.15, 0.2) is 0 Å². The third-order valence-corrected chi connectivity index (χ3v) is 1.92. The van der Waals surface area contributed by atoms with E-state index >= 15 is 0 Å². The lowest BCUT2D eigenvalue weighted by Crippen LogP contribution is -2.37. The molecule has 1 amide bonds. The number of carbonyl (C=O) groups is 3. The number of carboxylic acid groups (broad SMARTS) is 1. The third kappa shape index (κ3) is 2.45. The van der Waals surface area contributed by atoms with Crippen LogP contribution in [0.5, 0.6) is 0 Å². The van der Waals surface area contributed by atoms with Crippen molar-refractivity contribution in [3.8, 4) is 0 Å². The molecule has 0 aliphatic carbocycles. The largest absolute Gasteiger partial charge is 0.479 e. The Morgan fingerprint density at radius 2 is 2.29 bits per heavy atom. The molecule has 0 spiro atoms. The van der Waals surface area contributed by atoms with Gasteiger partial charge in [0.25, 0.3) is 0 Å². The number of carbonyl (C=O) groups excluding carboxylic acids is 2. The van der Waals surface area contributed by atoms with Crippen LogP contribution in [0.25, 0.3) is 0 Å². The summed E-state index contributed by atoms with van der Waals surface area (Å²) in [5.74, 6) is -2.11. The van der Waals surface area contributed by atoms with Crippen LogP contribution in [0.3, 0.4) is 0 Å². The summed E-state index contributed by atoms with van der Waals surface area (Å²) in [6.07, 6.45) is -0.536. The van der Waals surface area contributed by atoms with Crippen LogP contribution >= 0.6 is 0 Å². The molecule has 1 aliphatic heterocycles. The van der Waals surface area contributed by atoms with Gasteiger partial charge in [-0.15, -0.1) is 0 Å². The van der Waals surface area contributed by atoms with E-state index in [-0.39, 0.29) is 12.3 Å². The van der Waals surface area contributed by atoms with Gasteiger partial charge in [0.05, 0.1) is 0 Å². The number of aliphatic carboxylic acids is 1. The van der Waals surface area contributed by atoms with E-state index in [0.717, 1.165) is 0 Å². The molecule has 0 aromatic rings. The van der Waals surface area contributed by atoms with Crippen molar-refractivity contribution in [1.29, 1.82) is 0 Å². The highest BCUT2D eigenvalue weighted by Gasteiger charge is 2.30. The zero-order valence-corrected chi connectivity index (χ0v) is 7.65. The summed E-state index contributed by atoms with van der Waals surface area (Å²) in [4.78, 5) is 32.3. The summed E-state index contributed by atoms with van der Waals surface area (Å²) in [5.41, 5.74) is 0. The van der Waals surface area contributed by atoms with E-state index in [1.54, 1.807) is 0 Å². The van der Waals surface area contributed by atoms with Gasteiger partial charge in [-0.2, -0.15) is 0 Å². The quantitative estimate of drug-likeness (QED) is 0.588. The molecule has 6 heteroatoms. The van der Waals surface area contributed by atoms with E-state index in [9.17, 15) is 14.4 Å². The molecular formula is C8H11NO5. The maximum Gasteiger partial charge on any atom is 0.344 e. The molecule has 2 N–H and O–H groups in total. The minimum atomic E-state index is -1.21. The van der Waals surface area contributed by atoms with Gasteiger partial charge in [-0.1, -0.05) is 0 Å². The van der Waals surface area contributed by atoms with Gasteiger partial charge < -0.3 is 15.2 Å². The van der Waals surface area contributed by atoms with Gasteiger partial charge in [0, 0.05) is 6.42 Å². The van der Waals surface area contributed by atoms with Crippen LogP contribution in [0, 0.1) is 0 Å². The second-order valence-electron chi connectivity index (χ2n) is 3.08. The lowest BCUT2D eigenvalue weighted by molar-refractivity contribution is -0.164. The minimum absolute atomic E-state index is 0.213. The van der Waals surface area contributed by atoms with Crippen LogP contribution in [0.4, 0.5) is 0 Å². The topological polar surface area (TPSA) is 92.7 Å². The van der Waals surface area contributed by atoms with Crippen LogP contribution in [0.2, 0.25) is 0 Å². The molecule has 1 saturated heterocycles. The Balaban J connectivity index is 2.42. The van der Waals surface area contributed by atoms with Crippen molar-refractivity contribution in [2.45, 2.75) is 31.9 Å². The van der Waals surface area contributed by atoms with Gasteiger partial charge in [0.1, 0.15) is 6.04 Å². The number of amides is 1. The normalized spacial score (nSPS) is 22.6. The van der Waals surface area contributed by atoms with Crippen molar-refractivity contribution >= 4 is 17.8 Å². The van der Waals surface area contributed by atoms with Gasteiger partial charge >= 0.3 is 11.9 Å². The second-order valence-corrected chi connectivity index (χ2v) is 3.08. The number of rotatable bonds is 3. The van der Waals surface area contributed by atoms with Gasteiger partial charge in [0.15, 0.2) is 6.10 Å². The second kappa shape index (κ2) is 4.08. The molecule has 2 atom stereocenters. The highest BCUT2D eigenvalue weighted by molar-refractivity contribution is 5.89. The third-order valence-electron chi connectivity index (χ3n) is 1.92. The van der Waals surface area contributed by atoms with E-state index < -0.39 is 24.1 Å². The van der Waals surface area contributed by atoms with E-state index in [2.05, 4.69) is 10.1 Å². The highest BCUT2D eigenvalue weighted by atomic mass is 16.6. The molecule has 0 radical (unpaired) electrons. The highest BCUT2D eigenvalue weighted by Crippen LogP contribution is 2.09. The summed E-state index contributed by atoms with van der Waals surface area (Å²) in [7, 11) is 0. The first kappa shape index (κ1) is 10.5. The van der Waals surface area contributed by atoms with Crippen LogP contribution in [-0.2, 0) is 19.1 Å². The van der Waals surface area contributed by atoms with Crippen molar-refractivity contribution in [3.63, 3.8) is 0 Å². The molecule has 1 rings (SSSR count). The number of nitrogens with one attached hydrogen (secondary N) is 1. The molecule has 0 bridgehead atoms. The molecule has 1 fully saturated rings. The van der Waals surface area contributed by atoms with Crippen LogP contribution in [0.1, 0.15) is 19.8 Å². The molecule has 78 valence electrons. The Hall–Kier alpha value is -1.59. The predicted molar refractivity (Wildman–Crippen MR) is 44.4 cm³/mol. The monoisotopic (exact) mass is 201 g/mol. The van der Waals surface area contributed by atoms with E-state index in [1.807, 2.05) is 0 Å². The Bertz CT molecular complexity index is 275. The summed E-state index contributed by atoms with van der Waals surface area (Å²) in [6, 6.07) is -0.690. The minimum Gasteiger partial charge on any atom is -0.479 e. The molecule has 0 saturated carbocycles. The van der Waals surface area contributed by atoms with Crippen molar-refractivity contribution in [2.75, 3.05) is 0 Å². The molecule has 0 aromatic carbocycles. The number of ether oxygens (including phenoxy) is 1. The van der Waals surface area contributed by atoms with Crippen molar-refractivity contribution in [3.05, 3.63) is 0 Å². The van der Waals surface area contributed by atoms with Gasteiger partial charge in [-0.25, -0.2) is 9.59 Å². The zero-order valence-electron chi connectivity index (χ0n) is 7.65. The first-order valence-electron chi connectivity index (χ1n) is 4.23. The van der Waals surface area contributed by atoms with E-state index in [1.165, 1.54) is 6.92 Å². The fraction of sp³-hybridized carbons (Fsp3) is 0.625. The number of esters is 1. The fourth-order valence-electron chi connectivity index (χ4n) is 1.10. The number of carboxylic acids is 1. The molecule has 14 heavy (non-hydrogen) atoms. The van der Waals surface area contributed by atoms with Gasteiger partial charge in [-0.3, -0.25) is 4.79 Å². The number of hydrogen-bond acceptors (Lipinski definition) is 4. The van der Waals surface area contributed by atoms with Crippen molar-refractivity contribution in [1.82, 2.24) is 5.32 Å². The maximum absolute atomic E-state index is 11.2. The first-order chi connectivity index (χ1) is 6.50. The van der Waals surface area contributed by atoms with Crippen LogP contribution in [-0.4, -0.2) is 35.1 Å². The summed E-state index contributed by atoms with van der Waals surface area (Å²) in [6.45, 7) is 1.26. The summed E-state index contributed by atoms with van der Waals surface area (Å²) >= 11 is 0. The first-order valence-corrected chi connectivity index (χ1v) is 4.23. The van der Waals surface area contributed by atoms with Crippen LogP contribution < -0.4 is 5.32 Å². The summed E-state index contributed by atoms with van der Waals surface area (Å²) in [5, 5.41) is 10.9. The Labute approximate surface area is 80.2 Å². The maximum atomic E-state index is 11.2. The lowest BCUT2D eigenvalue weighted by atomic mass is 10.2. The Morgan fingerprint density at radius 1 is 1.64 bits per heavy atom. The molecule has 2 unspecified atom stereocenters. The number of hydrogen-bond donors (Lipinski definition) is 2. The van der Waals surface area contributed by atoms with Crippen molar-refractivity contribution < 1.29 is 24.2 Å². The summed E-state index contributed by atoms with van der Waals surface area (Å²) < 4.78 is 4.59. The van der Waals surface area contributed by atoms with Gasteiger partial charge in [-0.05, 0) is 13.3 Å². The average Bonchev–Trinajstić information content (AvgIpc) is 2.51. The lowest BCUT2D eigenvalue weighted by Gasteiger charge is -2.12. The molecule has 0 aromatic heterocycles. The van der Waals surface area contributed by atoms with Crippen molar-refractivity contribution in [2.24, 2.45) is 0 Å². The molecule has 1 aliphatic rings. The van der Waals surface area contributed by atoms with E-state index in [0.29, 0.717) is 6.42 Å². The standard InChI is InChI=1S/C8H11NO5/c1-4(7(11)12)14-8(13)5-2-3-6(10)9-5/h4-5H,2-3H2,1H3,(H,9,10)(H,11,12). The predicted octanol–water partition coefficient (Wildman–Crippen LogP) is -0.719. The molecule has 6 nitrogen and oxygen atoms in total. The molecular weight excluding hydrogens is 190 g/mol. The fourth-order valence-corrected chi connectivity index (χ4v) is 1.10. The van der Waals surface area contributed by atoms with E-state index in [4.69, 9.17) is 5.11 Å². The SMILES string of the molecule is CC(OC(=O)C1CCC(=O)N1)C(=O)O. The Morgan fingerprint density at radius 3 is 2.71 bits per heavy atom.